The fourth-order valence-electron chi connectivity index (χ4n) is 2.40. The Morgan fingerprint density at radius 1 is 1.42 bits per heavy atom. The number of nitrogens with two attached hydrogens (primary N) is 1. The molecule has 0 radical (unpaired) electrons. The standard InChI is InChI=1S/C11H16Cl2N2O2S2/c12-10-7-9(11(13)18-10)19(16,17)15-6-2-1-3-8(15)4-5-14/h7-8H,1-6,14H2. The Hall–Kier alpha value is 0.150. The van der Waals surface area contributed by atoms with Gasteiger partial charge in [-0.1, -0.05) is 29.6 Å². The molecule has 1 atom stereocenters. The highest BCUT2D eigenvalue weighted by atomic mass is 35.5. The molecule has 19 heavy (non-hydrogen) atoms. The summed E-state index contributed by atoms with van der Waals surface area (Å²) < 4.78 is 27.5. The average Bonchev–Trinajstić information content (AvgIpc) is 2.70. The maximum atomic E-state index is 12.7. The van der Waals surface area contributed by atoms with Gasteiger partial charge in [-0.2, -0.15) is 4.31 Å². The van der Waals surface area contributed by atoms with E-state index < -0.39 is 10.0 Å². The first-order chi connectivity index (χ1) is 8.96. The van der Waals surface area contributed by atoms with E-state index in [2.05, 4.69) is 0 Å². The molecule has 2 N–H and O–H groups in total. The number of sulfonamides is 1. The van der Waals surface area contributed by atoms with E-state index >= 15 is 0 Å². The maximum absolute atomic E-state index is 12.7. The SMILES string of the molecule is NCCC1CCCCN1S(=O)(=O)c1cc(Cl)sc1Cl. The molecule has 1 aliphatic heterocycles. The molecule has 1 fully saturated rings. The Balaban J connectivity index is 2.34. The maximum Gasteiger partial charge on any atom is 0.245 e. The zero-order valence-electron chi connectivity index (χ0n) is 10.3. The van der Waals surface area contributed by atoms with E-state index in [4.69, 9.17) is 28.9 Å². The van der Waals surface area contributed by atoms with Crippen molar-refractivity contribution >= 4 is 44.6 Å². The molecule has 1 saturated heterocycles. The van der Waals surface area contributed by atoms with E-state index in [0.29, 0.717) is 23.8 Å². The number of thiophene rings is 1. The van der Waals surface area contributed by atoms with Crippen LogP contribution in [0.25, 0.3) is 0 Å². The molecule has 1 aliphatic rings. The normalized spacial score (nSPS) is 21.7. The lowest BCUT2D eigenvalue weighted by Gasteiger charge is -2.34. The van der Waals surface area contributed by atoms with Gasteiger partial charge < -0.3 is 5.73 Å². The highest BCUT2D eigenvalue weighted by Gasteiger charge is 2.35. The highest BCUT2D eigenvalue weighted by molar-refractivity contribution is 7.89. The lowest BCUT2D eigenvalue weighted by Crippen LogP contribution is -2.44. The van der Waals surface area contributed by atoms with Crippen LogP contribution < -0.4 is 5.73 Å². The second-order valence-corrected chi connectivity index (χ2v) is 8.68. The van der Waals surface area contributed by atoms with Gasteiger partial charge in [0.2, 0.25) is 10.0 Å². The first-order valence-corrected chi connectivity index (χ1v) is 9.15. The molecule has 0 saturated carbocycles. The summed E-state index contributed by atoms with van der Waals surface area (Å²) >= 11 is 12.9. The van der Waals surface area contributed by atoms with E-state index in [0.717, 1.165) is 30.6 Å². The summed E-state index contributed by atoms with van der Waals surface area (Å²) in [4.78, 5) is 0.119. The molecule has 0 amide bonds. The van der Waals surface area contributed by atoms with E-state index in [9.17, 15) is 8.42 Å². The lowest BCUT2D eigenvalue weighted by molar-refractivity contribution is 0.243. The number of hydrogen-bond acceptors (Lipinski definition) is 4. The summed E-state index contributed by atoms with van der Waals surface area (Å²) in [5, 5.41) is 0. The Kier molecular flexibility index (Phi) is 5.14. The van der Waals surface area contributed by atoms with Crippen molar-refractivity contribution in [1.82, 2.24) is 4.31 Å². The molecule has 1 aromatic heterocycles. The Morgan fingerprint density at radius 3 is 2.74 bits per heavy atom. The van der Waals surface area contributed by atoms with Gasteiger partial charge in [0.15, 0.2) is 0 Å². The molecule has 0 aromatic carbocycles. The number of piperidine rings is 1. The minimum Gasteiger partial charge on any atom is -0.330 e. The molecule has 4 nitrogen and oxygen atoms in total. The van der Waals surface area contributed by atoms with Crippen molar-refractivity contribution in [2.75, 3.05) is 13.1 Å². The summed E-state index contributed by atoms with van der Waals surface area (Å²) in [6, 6.07) is 1.40. The first-order valence-electron chi connectivity index (χ1n) is 6.13. The third-order valence-electron chi connectivity index (χ3n) is 3.29. The number of hydrogen-bond donors (Lipinski definition) is 1. The van der Waals surface area contributed by atoms with Crippen LogP contribution in [0.15, 0.2) is 11.0 Å². The van der Waals surface area contributed by atoms with Crippen molar-refractivity contribution in [3.63, 3.8) is 0 Å². The fraction of sp³-hybridized carbons (Fsp3) is 0.636. The molecule has 2 heterocycles. The zero-order chi connectivity index (χ0) is 14.0. The molecule has 0 aliphatic carbocycles. The van der Waals surface area contributed by atoms with Crippen LogP contribution in [-0.4, -0.2) is 31.9 Å². The van der Waals surface area contributed by atoms with Gasteiger partial charge in [0.25, 0.3) is 0 Å². The van der Waals surface area contributed by atoms with E-state index in [1.807, 2.05) is 0 Å². The van der Waals surface area contributed by atoms with Gasteiger partial charge in [-0.05, 0) is 31.9 Å². The summed E-state index contributed by atoms with van der Waals surface area (Å²) in [6.45, 7) is 1.01. The van der Waals surface area contributed by atoms with Gasteiger partial charge in [-0.3, -0.25) is 0 Å². The van der Waals surface area contributed by atoms with Crippen molar-refractivity contribution in [2.45, 2.75) is 36.6 Å². The smallest absolute Gasteiger partial charge is 0.245 e. The van der Waals surface area contributed by atoms with Gasteiger partial charge in [0.05, 0.1) is 4.34 Å². The fourth-order valence-corrected chi connectivity index (χ4v) is 6.24. The van der Waals surface area contributed by atoms with Crippen LogP contribution in [0.5, 0.6) is 0 Å². The van der Waals surface area contributed by atoms with Crippen LogP contribution in [0.3, 0.4) is 0 Å². The molecule has 0 spiro atoms. The van der Waals surface area contributed by atoms with Crippen LogP contribution in [0.1, 0.15) is 25.7 Å². The van der Waals surface area contributed by atoms with Crippen molar-refractivity contribution in [2.24, 2.45) is 5.73 Å². The Morgan fingerprint density at radius 2 is 2.16 bits per heavy atom. The summed E-state index contributed by atoms with van der Waals surface area (Å²) in [6.07, 6.45) is 3.44. The topological polar surface area (TPSA) is 63.4 Å². The zero-order valence-corrected chi connectivity index (χ0v) is 13.5. The third kappa shape index (κ3) is 3.25. The summed E-state index contributed by atoms with van der Waals surface area (Å²) in [5.41, 5.74) is 5.57. The lowest BCUT2D eigenvalue weighted by atomic mass is 10.0. The highest BCUT2D eigenvalue weighted by Crippen LogP contribution is 2.37. The van der Waals surface area contributed by atoms with Crippen LogP contribution in [0, 0.1) is 0 Å². The molecule has 2 rings (SSSR count). The predicted molar refractivity (Wildman–Crippen MR) is 79.5 cm³/mol. The van der Waals surface area contributed by atoms with Crippen molar-refractivity contribution < 1.29 is 8.42 Å². The third-order valence-corrected chi connectivity index (χ3v) is 6.99. The van der Waals surface area contributed by atoms with Gasteiger partial charge in [-0.15, -0.1) is 11.3 Å². The molecule has 108 valence electrons. The molecule has 1 unspecified atom stereocenters. The van der Waals surface area contributed by atoms with Crippen LogP contribution in [0.2, 0.25) is 8.67 Å². The van der Waals surface area contributed by atoms with Crippen LogP contribution in [0.4, 0.5) is 0 Å². The van der Waals surface area contributed by atoms with E-state index in [1.54, 1.807) is 0 Å². The van der Waals surface area contributed by atoms with Crippen LogP contribution >= 0.6 is 34.5 Å². The van der Waals surface area contributed by atoms with Gasteiger partial charge in [0, 0.05) is 12.6 Å². The van der Waals surface area contributed by atoms with Crippen molar-refractivity contribution in [1.29, 1.82) is 0 Å². The quantitative estimate of drug-likeness (QED) is 0.914. The minimum atomic E-state index is -3.57. The van der Waals surface area contributed by atoms with Crippen molar-refractivity contribution in [3.05, 3.63) is 14.7 Å². The second kappa shape index (κ2) is 6.28. The Labute approximate surface area is 127 Å². The van der Waals surface area contributed by atoms with Gasteiger partial charge >= 0.3 is 0 Å². The predicted octanol–water partition coefficient (Wildman–Crippen LogP) is 2.95. The Bertz CT molecular complexity index is 543. The van der Waals surface area contributed by atoms with E-state index in [1.165, 1.54) is 10.4 Å². The van der Waals surface area contributed by atoms with Gasteiger partial charge in [0.1, 0.15) is 9.23 Å². The molecular formula is C11H16Cl2N2O2S2. The monoisotopic (exact) mass is 342 g/mol. The molecule has 8 heteroatoms. The van der Waals surface area contributed by atoms with Crippen molar-refractivity contribution in [3.8, 4) is 0 Å². The first kappa shape index (κ1) is 15.5. The average molecular weight is 343 g/mol. The molecular weight excluding hydrogens is 327 g/mol. The van der Waals surface area contributed by atoms with Gasteiger partial charge in [-0.25, -0.2) is 8.42 Å². The molecule has 0 bridgehead atoms. The van der Waals surface area contributed by atoms with Crippen LogP contribution in [-0.2, 0) is 10.0 Å². The second-order valence-electron chi connectivity index (χ2n) is 4.53. The number of halogens is 2. The number of rotatable bonds is 4. The number of nitrogens with zero attached hydrogens (tertiary/aromatic N) is 1. The largest absolute Gasteiger partial charge is 0.330 e. The minimum absolute atomic E-state index is 0.0292. The molecule has 1 aromatic rings. The van der Waals surface area contributed by atoms with E-state index in [-0.39, 0.29) is 15.3 Å². The summed E-state index contributed by atoms with van der Waals surface area (Å²) in [5.74, 6) is 0. The summed E-state index contributed by atoms with van der Waals surface area (Å²) in [7, 11) is -3.57.